The number of aromatic amines is 1. The third-order valence-electron chi connectivity index (χ3n) is 3.94. The molecule has 1 heterocycles. The lowest BCUT2D eigenvalue weighted by Crippen LogP contribution is -2.28. The number of aromatic nitrogens is 1. The standard InChI is InChI=1S/C19H19Cl2NO5/c1-9-17(11(3)23)10(2)22-18(9)15(24)8-26-19(25)12(4)27-16-6-5-13(20)7-14(16)21/h5-7,12,22H,8H2,1-4H3/t12-/m1/s1. The first-order valence-corrected chi connectivity index (χ1v) is 8.89. The Morgan fingerprint density at radius 2 is 1.85 bits per heavy atom. The zero-order valence-corrected chi connectivity index (χ0v) is 16.8. The second kappa shape index (κ2) is 8.59. The van der Waals surface area contributed by atoms with Crippen LogP contribution in [-0.2, 0) is 9.53 Å². The normalized spacial score (nSPS) is 11.8. The van der Waals surface area contributed by atoms with Gasteiger partial charge in [-0.1, -0.05) is 23.2 Å². The number of H-pyrrole nitrogens is 1. The maximum absolute atomic E-state index is 12.3. The molecule has 0 fully saturated rings. The molecule has 6 nitrogen and oxygen atoms in total. The molecule has 1 atom stereocenters. The Morgan fingerprint density at radius 1 is 1.19 bits per heavy atom. The molecule has 0 spiro atoms. The van der Waals surface area contributed by atoms with Crippen LogP contribution in [0.5, 0.6) is 5.75 Å². The lowest BCUT2D eigenvalue weighted by Gasteiger charge is -2.14. The minimum Gasteiger partial charge on any atom is -0.477 e. The Balaban J connectivity index is 1.99. The van der Waals surface area contributed by atoms with Gasteiger partial charge in [-0.25, -0.2) is 4.79 Å². The van der Waals surface area contributed by atoms with Crippen molar-refractivity contribution < 1.29 is 23.9 Å². The molecule has 0 bridgehead atoms. The van der Waals surface area contributed by atoms with Crippen LogP contribution < -0.4 is 4.74 Å². The van der Waals surface area contributed by atoms with Crippen molar-refractivity contribution in [2.24, 2.45) is 0 Å². The summed E-state index contributed by atoms with van der Waals surface area (Å²) in [7, 11) is 0. The number of benzene rings is 1. The van der Waals surface area contributed by atoms with Gasteiger partial charge >= 0.3 is 5.97 Å². The van der Waals surface area contributed by atoms with Crippen LogP contribution in [0.1, 0.15) is 46.0 Å². The van der Waals surface area contributed by atoms with Gasteiger partial charge < -0.3 is 14.5 Å². The van der Waals surface area contributed by atoms with Crippen LogP contribution in [0.25, 0.3) is 0 Å². The van der Waals surface area contributed by atoms with Crippen LogP contribution in [0.3, 0.4) is 0 Å². The van der Waals surface area contributed by atoms with Crippen molar-refractivity contribution in [1.29, 1.82) is 0 Å². The van der Waals surface area contributed by atoms with Crippen LogP contribution in [0.15, 0.2) is 18.2 Å². The molecule has 0 saturated heterocycles. The fourth-order valence-corrected chi connectivity index (χ4v) is 3.15. The highest BCUT2D eigenvalue weighted by molar-refractivity contribution is 6.35. The van der Waals surface area contributed by atoms with E-state index in [0.717, 1.165) is 0 Å². The van der Waals surface area contributed by atoms with Crippen LogP contribution >= 0.6 is 23.2 Å². The van der Waals surface area contributed by atoms with Crippen molar-refractivity contribution in [3.63, 3.8) is 0 Å². The smallest absolute Gasteiger partial charge is 0.347 e. The van der Waals surface area contributed by atoms with E-state index in [9.17, 15) is 14.4 Å². The van der Waals surface area contributed by atoms with Gasteiger partial charge in [0.25, 0.3) is 0 Å². The first-order chi connectivity index (χ1) is 12.6. The number of hydrogen-bond acceptors (Lipinski definition) is 5. The van der Waals surface area contributed by atoms with Gasteiger partial charge in [-0.15, -0.1) is 0 Å². The summed E-state index contributed by atoms with van der Waals surface area (Å²) < 4.78 is 10.5. The number of Topliss-reactive ketones (excluding diaryl/α,β-unsaturated/α-hetero) is 2. The van der Waals surface area contributed by atoms with Crippen molar-refractivity contribution in [1.82, 2.24) is 4.98 Å². The second-order valence-corrected chi connectivity index (χ2v) is 6.89. The Labute approximate surface area is 166 Å². The molecule has 8 heteroatoms. The molecular formula is C19H19Cl2NO5. The summed E-state index contributed by atoms with van der Waals surface area (Å²) in [5, 5.41) is 0.696. The summed E-state index contributed by atoms with van der Waals surface area (Å²) in [5.74, 6) is -1.02. The summed E-state index contributed by atoms with van der Waals surface area (Å²) >= 11 is 11.8. The number of halogens is 2. The Hall–Kier alpha value is -2.31. The van der Waals surface area contributed by atoms with Crippen LogP contribution in [0.4, 0.5) is 0 Å². The number of carbonyl (C=O) groups is 3. The van der Waals surface area contributed by atoms with Gasteiger partial charge in [-0.2, -0.15) is 0 Å². The van der Waals surface area contributed by atoms with Gasteiger partial charge in [0.1, 0.15) is 5.75 Å². The zero-order chi connectivity index (χ0) is 20.3. The molecule has 144 valence electrons. The molecule has 27 heavy (non-hydrogen) atoms. The summed E-state index contributed by atoms with van der Waals surface area (Å²) in [4.78, 5) is 39.0. The van der Waals surface area contributed by atoms with Crippen LogP contribution in [-0.4, -0.2) is 35.2 Å². The number of ketones is 2. The fraction of sp³-hybridized carbons (Fsp3) is 0.316. The SMILES string of the molecule is CC(=O)c1c(C)[nH]c(C(=O)COC(=O)[C@@H](C)Oc2ccc(Cl)cc2Cl)c1C. The topological polar surface area (TPSA) is 85.5 Å². The van der Waals surface area contributed by atoms with Gasteiger partial charge in [-0.05, 0) is 51.5 Å². The third-order valence-corrected chi connectivity index (χ3v) is 4.47. The first-order valence-electron chi connectivity index (χ1n) is 8.13. The van der Waals surface area contributed by atoms with Crippen molar-refractivity contribution in [2.75, 3.05) is 6.61 Å². The monoisotopic (exact) mass is 411 g/mol. The van der Waals surface area contributed by atoms with Crippen molar-refractivity contribution >= 4 is 40.7 Å². The molecule has 0 unspecified atom stereocenters. The van der Waals surface area contributed by atoms with Gasteiger partial charge in [0.15, 0.2) is 18.5 Å². The average molecular weight is 412 g/mol. The van der Waals surface area contributed by atoms with Gasteiger partial charge in [0.05, 0.1) is 10.7 Å². The molecule has 0 saturated carbocycles. The number of aryl methyl sites for hydroxylation is 1. The zero-order valence-electron chi connectivity index (χ0n) is 15.3. The predicted octanol–water partition coefficient (Wildman–Crippen LogP) is 4.33. The number of hydrogen-bond donors (Lipinski definition) is 1. The Bertz CT molecular complexity index is 904. The highest BCUT2D eigenvalue weighted by Gasteiger charge is 2.23. The minimum absolute atomic E-state index is 0.140. The molecule has 0 amide bonds. The molecule has 0 aliphatic carbocycles. The van der Waals surface area contributed by atoms with E-state index >= 15 is 0 Å². The molecule has 1 aromatic heterocycles. The minimum atomic E-state index is -0.976. The van der Waals surface area contributed by atoms with E-state index in [0.29, 0.717) is 21.8 Å². The predicted molar refractivity (Wildman–Crippen MR) is 102 cm³/mol. The molecule has 0 aliphatic rings. The second-order valence-electron chi connectivity index (χ2n) is 6.05. The van der Waals surface area contributed by atoms with E-state index in [1.54, 1.807) is 19.9 Å². The third kappa shape index (κ3) is 4.90. The van der Waals surface area contributed by atoms with E-state index in [1.807, 2.05) is 0 Å². The molecule has 1 aromatic carbocycles. The Morgan fingerprint density at radius 3 is 2.41 bits per heavy atom. The maximum atomic E-state index is 12.3. The molecule has 2 rings (SSSR count). The summed E-state index contributed by atoms with van der Waals surface area (Å²) in [6.07, 6.45) is -0.976. The van der Waals surface area contributed by atoms with E-state index in [1.165, 1.54) is 26.0 Å². The molecular weight excluding hydrogens is 393 g/mol. The highest BCUT2D eigenvalue weighted by Crippen LogP contribution is 2.28. The van der Waals surface area contributed by atoms with Gasteiger partial charge in [0.2, 0.25) is 5.78 Å². The number of esters is 1. The number of rotatable bonds is 7. The lowest BCUT2D eigenvalue weighted by molar-refractivity contribution is -0.149. The van der Waals surface area contributed by atoms with E-state index < -0.39 is 24.5 Å². The molecule has 0 radical (unpaired) electrons. The highest BCUT2D eigenvalue weighted by atomic mass is 35.5. The average Bonchev–Trinajstić information content (AvgIpc) is 2.89. The van der Waals surface area contributed by atoms with Crippen molar-refractivity contribution in [2.45, 2.75) is 33.8 Å². The lowest BCUT2D eigenvalue weighted by atomic mass is 10.1. The van der Waals surface area contributed by atoms with Crippen LogP contribution in [0.2, 0.25) is 10.0 Å². The largest absolute Gasteiger partial charge is 0.477 e. The first kappa shape index (κ1) is 21.0. The van der Waals surface area contributed by atoms with Gasteiger partial charge in [0, 0.05) is 16.3 Å². The maximum Gasteiger partial charge on any atom is 0.347 e. The molecule has 1 N–H and O–H groups in total. The van der Waals surface area contributed by atoms with Crippen molar-refractivity contribution in [3.05, 3.63) is 50.8 Å². The van der Waals surface area contributed by atoms with E-state index in [2.05, 4.69) is 4.98 Å². The summed E-state index contributed by atoms with van der Waals surface area (Å²) in [6, 6.07) is 4.60. The van der Waals surface area contributed by atoms with E-state index in [4.69, 9.17) is 32.7 Å². The van der Waals surface area contributed by atoms with E-state index in [-0.39, 0.29) is 22.2 Å². The molecule has 2 aromatic rings. The summed E-state index contributed by atoms with van der Waals surface area (Å²) in [5.41, 5.74) is 1.86. The number of ether oxygens (including phenoxy) is 2. The fourth-order valence-electron chi connectivity index (χ4n) is 2.69. The van der Waals surface area contributed by atoms with Crippen LogP contribution in [0, 0.1) is 13.8 Å². The Kier molecular flexibility index (Phi) is 6.68. The molecule has 0 aliphatic heterocycles. The van der Waals surface area contributed by atoms with Crippen molar-refractivity contribution in [3.8, 4) is 5.75 Å². The number of nitrogens with one attached hydrogen (secondary N) is 1. The number of carbonyl (C=O) groups excluding carboxylic acids is 3. The quantitative estimate of drug-likeness (QED) is 0.540. The summed E-state index contributed by atoms with van der Waals surface area (Å²) in [6.45, 7) is 5.81. The van der Waals surface area contributed by atoms with Gasteiger partial charge in [-0.3, -0.25) is 9.59 Å².